The first-order valence-electron chi connectivity index (χ1n) is 7.64. The van der Waals surface area contributed by atoms with Gasteiger partial charge in [0.2, 0.25) is 10.0 Å². The molecule has 0 heterocycles. The number of nitrogens with one attached hydrogen (secondary N) is 1. The van der Waals surface area contributed by atoms with Crippen LogP contribution in [0.5, 0.6) is 5.75 Å². The number of methoxy groups -OCH3 is 1. The van der Waals surface area contributed by atoms with E-state index >= 15 is 0 Å². The zero-order valence-electron chi connectivity index (χ0n) is 13.9. The van der Waals surface area contributed by atoms with Gasteiger partial charge in [-0.1, -0.05) is 31.2 Å². The summed E-state index contributed by atoms with van der Waals surface area (Å²) >= 11 is 0. The van der Waals surface area contributed by atoms with E-state index in [0.717, 1.165) is 5.56 Å². The monoisotopic (exact) mass is 347 g/mol. The largest absolute Gasteiger partial charge is 0.497 e. The average Bonchev–Trinajstić information content (AvgIpc) is 2.60. The van der Waals surface area contributed by atoms with Crippen LogP contribution in [0.1, 0.15) is 42.2 Å². The average molecular weight is 347 g/mol. The summed E-state index contributed by atoms with van der Waals surface area (Å²) in [6, 6.07) is 12.9. The zero-order valence-corrected chi connectivity index (χ0v) is 14.8. The molecule has 0 aromatic heterocycles. The van der Waals surface area contributed by atoms with Crippen LogP contribution in [-0.2, 0) is 10.0 Å². The molecule has 6 heteroatoms. The van der Waals surface area contributed by atoms with Gasteiger partial charge in [-0.2, -0.15) is 0 Å². The Kier molecular flexibility index (Phi) is 5.75. The van der Waals surface area contributed by atoms with Crippen molar-refractivity contribution in [3.8, 4) is 5.75 Å². The van der Waals surface area contributed by atoms with E-state index in [-0.39, 0.29) is 16.7 Å². The van der Waals surface area contributed by atoms with E-state index in [2.05, 4.69) is 4.72 Å². The number of benzene rings is 2. The first kappa shape index (κ1) is 18.2. The molecule has 0 saturated carbocycles. The fourth-order valence-corrected chi connectivity index (χ4v) is 3.71. The Morgan fingerprint density at radius 1 is 1.17 bits per heavy atom. The summed E-state index contributed by atoms with van der Waals surface area (Å²) in [4.78, 5) is 11.5. The third kappa shape index (κ3) is 4.21. The predicted molar refractivity (Wildman–Crippen MR) is 92.8 cm³/mol. The maximum Gasteiger partial charge on any atom is 0.241 e. The van der Waals surface area contributed by atoms with Crippen LogP contribution in [0.2, 0.25) is 0 Å². The third-order valence-corrected chi connectivity index (χ3v) is 5.24. The topological polar surface area (TPSA) is 72.5 Å². The molecule has 2 aromatic carbocycles. The number of hydrogen-bond donors (Lipinski definition) is 1. The highest BCUT2D eigenvalue weighted by molar-refractivity contribution is 7.89. The fraction of sp³-hybridized carbons (Fsp3) is 0.278. The lowest BCUT2D eigenvalue weighted by Gasteiger charge is -2.18. The van der Waals surface area contributed by atoms with Crippen LogP contribution in [0.15, 0.2) is 53.4 Å². The number of Topliss-reactive ketones (excluding diaryl/α,β-unsaturated/α-hetero) is 1. The van der Waals surface area contributed by atoms with E-state index in [4.69, 9.17) is 4.74 Å². The molecule has 0 aliphatic heterocycles. The Morgan fingerprint density at radius 2 is 1.83 bits per heavy atom. The van der Waals surface area contributed by atoms with Crippen molar-refractivity contribution >= 4 is 15.8 Å². The third-order valence-electron chi connectivity index (χ3n) is 3.77. The van der Waals surface area contributed by atoms with E-state index in [1.165, 1.54) is 19.1 Å². The van der Waals surface area contributed by atoms with E-state index in [0.29, 0.717) is 17.7 Å². The van der Waals surface area contributed by atoms with Crippen LogP contribution < -0.4 is 9.46 Å². The van der Waals surface area contributed by atoms with Gasteiger partial charge in [0.15, 0.2) is 5.78 Å². The minimum Gasteiger partial charge on any atom is -0.497 e. The van der Waals surface area contributed by atoms with E-state index < -0.39 is 10.0 Å². The first-order valence-corrected chi connectivity index (χ1v) is 9.13. The highest BCUT2D eigenvalue weighted by atomic mass is 32.2. The Morgan fingerprint density at radius 3 is 2.38 bits per heavy atom. The van der Waals surface area contributed by atoms with Crippen LogP contribution >= 0.6 is 0 Å². The van der Waals surface area contributed by atoms with E-state index in [9.17, 15) is 13.2 Å². The summed E-state index contributed by atoms with van der Waals surface area (Å²) in [6.07, 6.45) is 0.595. The number of hydrogen-bond acceptors (Lipinski definition) is 4. The molecule has 0 amide bonds. The molecule has 2 rings (SSSR count). The molecular weight excluding hydrogens is 326 g/mol. The lowest BCUT2D eigenvalue weighted by Crippen LogP contribution is -2.28. The Balaban J connectivity index is 2.28. The van der Waals surface area contributed by atoms with Gasteiger partial charge < -0.3 is 4.74 Å². The number of ether oxygens (including phenoxy) is 1. The molecule has 24 heavy (non-hydrogen) atoms. The fourth-order valence-electron chi connectivity index (χ4n) is 2.36. The maximum absolute atomic E-state index is 12.6. The van der Waals surface area contributed by atoms with Crippen molar-refractivity contribution in [3.05, 3.63) is 59.7 Å². The minimum atomic E-state index is -3.72. The molecule has 0 radical (unpaired) electrons. The molecule has 5 nitrogen and oxygen atoms in total. The Labute approximate surface area is 142 Å². The SMILES string of the molecule is CC[C@H](NS(=O)(=O)c1cccc(C(C)=O)c1)c1ccc(OC)cc1. The maximum atomic E-state index is 12.6. The number of carbonyl (C=O) groups is 1. The highest BCUT2D eigenvalue weighted by Crippen LogP contribution is 2.23. The second-order valence-electron chi connectivity index (χ2n) is 5.44. The summed E-state index contributed by atoms with van der Waals surface area (Å²) in [6.45, 7) is 3.31. The van der Waals surface area contributed by atoms with Crippen LogP contribution in [-0.4, -0.2) is 21.3 Å². The van der Waals surface area contributed by atoms with Crippen molar-refractivity contribution in [1.82, 2.24) is 4.72 Å². The van der Waals surface area contributed by atoms with Gasteiger partial charge in [-0.3, -0.25) is 4.79 Å². The van der Waals surface area contributed by atoms with Crippen LogP contribution in [0, 0.1) is 0 Å². The smallest absolute Gasteiger partial charge is 0.241 e. The molecule has 0 aliphatic rings. The van der Waals surface area contributed by atoms with Gasteiger partial charge in [0.05, 0.1) is 12.0 Å². The highest BCUT2D eigenvalue weighted by Gasteiger charge is 2.21. The molecule has 1 N–H and O–H groups in total. The lowest BCUT2D eigenvalue weighted by molar-refractivity contribution is 0.101. The Hall–Kier alpha value is -2.18. The molecule has 2 aromatic rings. The second-order valence-corrected chi connectivity index (χ2v) is 7.15. The summed E-state index contributed by atoms with van der Waals surface area (Å²) in [5, 5.41) is 0. The van der Waals surface area contributed by atoms with E-state index in [1.54, 1.807) is 31.4 Å². The summed E-state index contributed by atoms with van der Waals surface area (Å²) in [7, 11) is -2.14. The molecule has 0 saturated heterocycles. The van der Waals surface area contributed by atoms with Crippen molar-refractivity contribution in [2.45, 2.75) is 31.2 Å². The Bertz CT molecular complexity index is 813. The van der Waals surface area contributed by atoms with E-state index in [1.807, 2.05) is 19.1 Å². The number of carbonyl (C=O) groups excluding carboxylic acids is 1. The van der Waals surface area contributed by atoms with Gasteiger partial charge in [0.1, 0.15) is 5.75 Å². The quantitative estimate of drug-likeness (QED) is 0.780. The van der Waals surface area contributed by atoms with Crippen LogP contribution in [0.4, 0.5) is 0 Å². The van der Waals surface area contributed by atoms with Gasteiger partial charge in [-0.15, -0.1) is 0 Å². The van der Waals surface area contributed by atoms with Gasteiger partial charge in [-0.05, 0) is 43.2 Å². The lowest BCUT2D eigenvalue weighted by atomic mass is 10.1. The molecule has 128 valence electrons. The van der Waals surface area contributed by atoms with Crippen LogP contribution in [0.3, 0.4) is 0 Å². The van der Waals surface area contributed by atoms with Gasteiger partial charge >= 0.3 is 0 Å². The molecular formula is C18H21NO4S. The minimum absolute atomic E-state index is 0.0853. The zero-order chi connectivity index (χ0) is 17.7. The number of sulfonamides is 1. The molecule has 1 atom stereocenters. The molecule has 0 unspecified atom stereocenters. The molecule has 0 bridgehead atoms. The standard InChI is InChI=1S/C18H21NO4S/c1-4-18(14-8-10-16(23-3)11-9-14)19-24(21,22)17-7-5-6-15(12-17)13(2)20/h5-12,18-19H,4H2,1-3H3/t18-/m0/s1. The van der Waals surface area contributed by atoms with Gasteiger partial charge in [0.25, 0.3) is 0 Å². The summed E-state index contributed by atoms with van der Waals surface area (Å²) < 4.78 is 33.1. The van der Waals surface area contributed by atoms with Crippen molar-refractivity contribution < 1.29 is 17.9 Å². The number of ketones is 1. The van der Waals surface area contributed by atoms with Crippen LogP contribution in [0.25, 0.3) is 0 Å². The second kappa shape index (κ2) is 7.59. The molecule has 0 spiro atoms. The van der Waals surface area contributed by atoms with Crippen molar-refractivity contribution in [2.75, 3.05) is 7.11 Å². The molecule has 0 aliphatic carbocycles. The van der Waals surface area contributed by atoms with Crippen molar-refractivity contribution in [2.24, 2.45) is 0 Å². The predicted octanol–water partition coefficient (Wildman–Crippen LogP) is 3.33. The summed E-state index contributed by atoms with van der Waals surface area (Å²) in [5.41, 5.74) is 1.22. The normalized spacial score (nSPS) is 12.6. The van der Waals surface area contributed by atoms with Gasteiger partial charge in [0, 0.05) is 11.6 Å². The van der Waals surface area contributed by atoms with Crippen molar-refractivity contribution in [3.63, 3.8) is 0 Å². The van der Waals surface area contributed by atoms with Gasteiger partial charge in [-0.25, -0.2) is 13.1 Å². The number of rotatable bonds is 7. The molecule has 0 fully saturated rings. The first-order chi connectivity index (χ1) is 11.4. The van der Waals surface area contributed by atoms with Crippen molar-refractivity contribution in [1.29, 1.82) is 0 Å². The summed E-state index contributed by atoms with van der Waals surface area (Å²) in [5.74, 6) is 0.542.